The van der Waals surface area contributed by atoms with Gasteiger partial charge in [-0.1, -0.05) is 48.5 Å². The summed E-state index contributed by atoms with van der Waals surface area (Å²) in [4.78, 5) is 4.62. The van der Waals surface area contributed by atoms with Gasteiger partial charge in [0.1, 0.15) is 5.82 Å². The highest BCUT2D eigenvalue weighted by Gasteiger charge is 2.45. The first kappa shape index (κ1) is 15.5. The minimum Gasteiger partial charge on any atom is -0.361 e. The molecule has 0 aliphatic heterocycles. The number of rotatable bonds is 6. The smallest absolute Gasteiger partial charge is 0.170 e. The van der Waals surface area contributed by atoms with Crippen molar-refractivity contribution in [2.45, 2.75) is 77.9 Å². The fraction of sp³-hybridized carbons (Fsp3) is 0.800. The van der Waals surface area contributed by atoms with Gasteiger partial charge in [0.2, 0.25) is 0 Å². The third-order valence-corrected chi connectivity index (χ3v) is 11.2. The number of aromatic nitrogens is 2. The van der Waals surface area contributed by atoms with E-state index >= 15 is 0 Å². The number of nitrogens with zero attached hydrogens (tertiary/aromatic N) is 2. The normalized spacial score (nSPS) is 13.0. The molecule has 0 bridgehead atoms. The molecule has 3 heteroatoms. The minimum absolute atomic E-state index is 0.738. The standard InChI is InChI=1S/C15H30N2Si/c1-8-9-15-16-10-11-17(15)18(12(2)3,13(4)5)14(6)7/h10-14H,8-9H2,1-7H3. The van der Waals surface area contributed by atoms with Crippen molar-refractivity contribution < 1.29 is 0 Å². The summed E-state index contributed by atoms with van der Waals surface area (Å²) < 4.78 is 2.61. The van der Waals surface area contributed by atoms with Gasteiger partial charge in [0.05, 0.1) is 0 Å². The Labute approximate surface area is 114 Å². The van der Waals surface area contributed by atoms with E-state index in [0.29, 0.717) is 0 Å². The van der Waals surface area contributed by atoms with Gasteiger partial charge in [0.15, 0.2) is 8.24 Å². The lowest BCUT2D eigenvalue weighted by Crippen LogP contribution is -2.52. The SMILES string of the molecule is CCCc1nccn1[Si](C(C)C)(C(C)C)C(C)C. The van der Waals surface area contributed by atoms with Crippen molar-refractivity contribution in [1.29, 1.82) is 0 Å². The zero-order valence-corrected chi connectivity index (χ0v) is 14.2. The summed E-state index contributed by atoms with van der Waals surface area (Å²) in [6, 6.07) is 0. The van der Waals surface area contributed by atoms with Crippen molar-refractivity contribution in [2.24, 2.45) is 0 Å². The fourth-order valence-electron chi connectivity index (χ4n) is 3.93. The van der Waals surface area contributed by atoms with Crippen molar-refractivity contribution in [2.75, 3.05) is 0 Å². The van der Waals surface area contributed by atoms with Crippen LogP contribution in [0, 0.1) is 0 Å². The Balaban J connectivity index is 3.37. The molecule has 0 atom stereocenters. The third-order valence-electron chi connectivity index (χ3n) is 4.38. The van der Waals surface area contributed by atoms with Crippen LogP contribution in [-0.2, 0) is 6.42 Å². The molecule has 0 aromatic carbocycles. The maximum absolute atomic E-state index is 4.62. The lowest BCUT2D eigenvalue weighted by Gasteiger charge is -2.44. The van der Waals surface area contributed by atoms with Gasteiger partial charge in [0.25, 0.3) is 0 Å². The number of imidazole rings is 1. The molecule has 1 rings (SSSR count). The van der Waals surface area contributed by atoms with Crippen LogP contribution in [0.5, 0.6) is 0 Å². The average molecular weight is 267 g/mol. The Bertz CT molecular complexity index is 345. The summed E-state index contributed by atoms with van der Waals surface area (Å²) >= 11 is 0. The van der Waals surface area contributed by atoms with Crippen molar-refractivity contribution in [3.05, 3.63) is 18.2 Å². The molecule has 1 heterocycles. The van der Waals surface area contributed by atoms with Crippen LogP contribution in [0.15, 0.2) is 12.4 Å². The molecule has 0 spiro atoms. The zero-order chi connectivity index (χ0) is 13.9. The Kier molecular flexibility index (Phi) is 5.20. The Morgan fingerprint density at radius 1 is 1.06 bits per heavy atom. The molecule has 0 aliphatic rings. The zero-order valence-electron chi connectivity index (χ0n) is 13.2. The van der Waals surface area contributed by atoms with E-state index in [1.807, 2.05) is 6.20 Å². The molecular formula is C15H30N2Si. The van der Waals surface area contributed by atoms with Crippen LogP contribution < -0.4 is 0 Å². The van der Waals surface area contributed by atoms with Crippen LogP contribution >= 0.6 is 0 Å². The molecule has 0 saturated carbocycles. The lowest BCUT2D eigenvalue weighted by molar-refractivity contribution is 0.729. The molecular weight excluding hydrogens is 236 g/mol. The predicted molar refractivity (Wildman–Crippen MR) is 82.7 cm³/mol. The molecule has 104 valence electrons. The van der Waals surface area contributed by atoms with Crippen molar-refractivity contribution in [3.63, 3.8) is 0 Å². The van der Waals surface area contributed by atoms with Gasteiger partial charge < -0.3 is 4.23 Å². The first-order chi connectivity index (χ1) is 8.38. The van der Waals surface area contributed by atoms with Crippen molar-refractivity contribution in [1.82, 2.24) is 9.22 Å². The average Bonchev–Trinajstić information content (AvgIpc) is 2.66. The molecule has 0 aliphatic carbocycles. The van der Waals surface area contributed by atoms with Crippen molar-refractivity contribution in [3.8, 4) is 0 Å². The van der Waals surface area contributed by atoms with Crippen LogP contribution in [0.25, 0.3) is 0 Å². The summed E-state index contributed by atoms with van der Waals surface area (Å²) in [5.74, 6) is 1.31. The topological polar surface area (TPSA) is 17.8 Å². The summed E-state index contributed by atoms with van der Waals surface area (Å²) in [5.41, 5.74) is 2.21. The van der Waals surface area contributed by atoms with E-state index in [9.17, 15) is 0 Å². The molecule has 2 nitrogen and oxygen atoms in total. The van der Waals surface area contributed by atoms with Gasteiger partial charge in [-0.3, -0.25) is 0 Å². The fourth-order valence-corrected chi connectivity index (χ4v) is 10.5. The minimum atomic E-state index is -1.58. The molecule has 0 radical (unpaired) electrons. The monoisotopic (exact) mass is 266 g/mol. The van der Waals surface area contributed by atoms with Crippen LogP contribution in [0.3, 0.4) is 0 Å². The largest absolute Gasteiger partial charge is 0.361 e. The molecule has 1 aromatic heterocycles. The third kappa shape index (κ3) is 2.42. The molecule has 18 heavy (non-hydrogen) atoms. The van der Waals surface area contributed by atoms with E-state index in [1.54, 1.807) is 0 Å². The van der Waals surface area contributed by atoms with Gasteiger partial charge in [-0.2, -0.15) is 0 Å². The molecule has 0 N–H and O–H groups in total. The summed E-state index contributed by atoms with van der Waals surface area (Å²) in [6.07, 6.45) is 6.53. The van der Waals surface area contributed by atoms with Gasteiger partial charge in [-0.15, -0.1) is 0 Å². The molecule has 0 amide bonds. The maximum atomic E-state index is 4.62. The number of hydrogen-bond donors (Lipinski definition) is 0. The lowest BCUT2D eigenvalue weighted by atomic mass is 10.3. The highest BCUT2D eigenvalue weighted by Crippen LogP contribution is 2.43. The van der Waals surface area contributed by atoms with Gasteiger partial charge in [0, 0.05) is 18.8 Å². The quantitative estimate of drug-likeness (QED) is 0.672. The molecule has 0 unspecified atom stereocenters. The van der Waals surface area contributed by atoms with E-state index < -0.39 is 8.24 Å². The number of aryl methyl sites for hydroxylation is 1. The Hall–Kier alpha value is -0.573. The van der Waals surface area contributed by atoms with E-state index in [1.165, 1.54) is 12.2 Å². The second kappa shape index (κ2) is 6.05. The molecule has 1 aromatic rings. The summed E-state index contributed by atoms with van der Waals surface area (Å²) in [6.45, 7) is 16.7. The maximum Gasteiger partial charge on any atom is 0.170 e. The van der Waals surface area contributed by atoms with Gasteiger partial charge in [-0.25, -0.2) is 4.98 Å². The van der Waals surface area contributed by atoms with Crippen LogP contribution in [0.1, 0.15) is 60.7 Å². The van der Waals surface area contributed by atoms with E-state index in [2.05, 4.69) is 63.9 Å². The van der Waals surface area contributed by atoms with Gasteiger partial charge in [-0.05, 0) is 23.0 Å². The highest BCUT2D eigenvalue weighted by atomic mass is 28.3. The summed E-state index contributed by atoms with van der Waals surface area (Å²) in [7, 11) is -1.58. The first-order valence-corrected chi connectivity index (χ1v) is 9.59. The van der Waals surface area contributed by atoms with Crippen LogP contribution in [0.2, 0.25) is 16.6 Å². The Morgan fingerprint density at radius 2 is 1.56 bits per heavy atom. The Morgan fingerprint density at radius 3 is 1.94 bits per heavy atom. The molecule has 0 saturated heterocycles. The summed E-state index contributed by atoms with van der Waals surface area (Å²) in [5, 5.41) is 0. The first-order valence-electron chi connectivity index (χ1n) is 7.41. The number of hydrogen-bond acceptors (Lipinski definition) is 1. The van der Waals surface area contributed by atoms with E-state index in [-0.39, 0.29) is 0 Å². The van der Waals surface area contributed by atoms with E-state index in [0.717, 1.165) is 23.0 Å². The predicted octanol–water partition coefficient (Wildman–Crippen LogP) is 4.86. The van der Waals surface area contributed by atoms with E-state index in [4.69, 9.17) is 0 Å². The second-order valence-corrected chi connectivity index (χ2v) is 12.0. The molecule has 0 fully saturated rings. The van der Waals surface area contributed by atoms with Gasteiger partial charge >= 0.3 is 0 Å². The van der Waals surface area contributed by atoms with Crippen LogP contribution in [0.4, 0.5) is 0 Å². The van der Waals surface area contributed by atoms with Crippen molar-refractivity contribution >= 4 is 8.24 Å². The second-order valence-electron chi connectivity index (χ2n) is 6.31. The highest BCUT2D eigenvalue weighted by molar-refractivity contribution is 6.82. The van der Waals surface area contributed by atoms with Crippen LogP contribution in [-0.4, -0.2) is 17.5 Å².